The second-order valence-electron chi connectivity index (χ2n) is 5.66. The van der Waals surface area contributed by atoms with Crippen LogP contribution in [0.15, 0.2) is 42.6 Å². The van der Waals surface area contributed by atoms with Crippen LogP contribution in [-0.4, -0.2) is 37.5 Å². The number of aryl methyl sites for hydroxylation is 2. The van der Waals surface area contributed by atoms with Gasteiger partial charge in [0.2, 0.25) is 10.0 Å². The highest BCUT2D eigenvalue weighted by Crippen LogP contribution is 2.16. The van der Waals surface area contributed by atoms with E-state index in [1.54, 1.807) is 7.11 Å². The van der Waals surface area contributed by atoms with Crippen molar-refractivity contribution in [1.29, 1.82) is 0 Å². The van der Waals surface area contributed by atoms with Gasteiger partial charge in [0.1, 0.15) is 5.75 Å². The summed E-state index contributed by atoms with van der Waals surface area (Å²) in [7, 11) is 0.0661. The summed E-state index contributed by atoms with van der Waals surface area (Å²) in [6.45, 7) is 0.206. The van der Waals surface area contributed by atoms with Gasteiger partial charge >= 0.3 is 0 Å². The van der Waals surface area contributed by atoms with E-state index in [1.165, 1.54) is 0 Å². The minimum Gasteiger partial charge on any atom is -0.497 e. The van der Waals surface area contributed by atoms with E-state index >= 15 is 0 Å². The van der Waals surface area contributed by atoms with Crippen molar-refractivity contribution in [3.05, 3.63) is 53.9 Å². The normalized spacial score (nSPS) is 13.0. The molecule has 0 aliphatic rings. The van der Waals surface area contributed by atoms with Gasteiger partial charge in [-0.25, -0.2) is 13.1 Å². The number of hydrogen-bond acceptors (Lipinski definition) is 4. The molecule has 0 spiro atoms. The molecule has 1 aromatic heterocycles. The highest BCUT2D eigenvalue weighted by atomic mass is 32.2. The summed E-state index contributed by atoms with van der Waals surface area (Å²) in [5, 5.41) is 10.1. The van der Waals surface area contributed by atoms with Gasteiger partial charge in [-0.2, -0.15) is 0 Å². The molecule has 0 saturated heterocycles. The molecule has 1 unspecified atom stereocenters. The van der Waals surface area contributed by atoms with Crippen LogP contribution in [0.1, 0.15) is 23.8 Å². The Bertz CT molecular complexity index is 738. The molecule has 132 valence electrons. The number of aromatic nitrogens is 1. The second kappa shape index (κ2) is 8.32. The van der Waals surface area contributed by atoms with E-state index in [1.807, 2.05) is 54.2 Å². The molecule has 0 aliphatic heterocycles. The Morgan fingerprint density at radius 1 is 1.25 bits per heavy atom. The van der Waals surface area contributed by atoms with Gasteiger partial charge < -0.3 is 14.4 Å². The van der Waals surface area contributed by atoms with Gasteiger partial charge in [0.15, 0.2) is 0 Å². The van der Waals surface area contributed by atoms with Crippen LogP contribution >= 0.6 is 0 Å². The van der Waals surface area contributed by atoms with Crippen molar-refractivity contribution in [2.45, 2.75) is 18.9 Å². The zero-order chi connectivity index (χ0) is 17.6. The van der Waals surface area contributed by atoms with Crippen LogP contribution in [0.4, 0.5) is 0 Å². The molecule has 24 heavy (non-hydrogen) atoms. The van der Waals surface area contributed by atoms with E-state index in [0.717, 1.165) is 17.0 Å². The number of nitrogens with one attached hydrogen (secondary N) is 1. The molecule has 1 heterocycles. The first-order valence-electron chi connectivity index (χ1n) is 7.81. The van der Waals surface area contributed by atoms with E-state index in [9.17, 15) is 13.5 Å². The third kappa shape index (κ3) is 5.36. The summed E-state index contributed by atoms with van der Waals surface area (Å²) in [6, 6.07) is 11.0. The molecule has 0 aliphatic carbocycles. The third-order valence-electron chi connectivity index (χ3n) is 3.88. The van der Waals surface area contributed by atoms with Crippen LogP contribution in [0.5, 0.6) is 5.75 Å². The van der Waals surface area contributed by atoms with E-state index in [2.05, 4.69) is 4.72 Å². The molecule has 2 N–H and O–H groups in total. The van der Waals surface area contributed by atoms with Crippen molar-refractivity contribution < 1.29 is 18.3 Å². The van der Waals surface area contributed by atoms with Crippen molar-refractivity contribution in [2.75, 3.05) is 19.4 Å². The monoisotopic (exact) mass is 352 g/mol. The largest absolute Gasteiger partial charge is 0.497 e. The molecule has 0 bridgehead atoms. The molecule has 0 amide bonds. The zero-order valence-electron chi connectivity index (χ0n) is 14.0. The van der Waals surface area contributed by atoms with E-state index < -0.39 is 16.1 Å². The first kappa shape index (κ1) is 18.5. The average molecular weight is 352 g/mol. The molecule has 6 nitrogen and oxygen atoms in total. The summed E-state index contributed by atoms with van der Waals surface area (Å²) in [5.74, 6) is 0.758. The summed E-state index contributed by atoms with van der Waals surface area (Å²) >= 11 is 0. The number of nitrogens with zero attached hydrogens (tertiary/aromatic N) is 1. The maximum Gasteiger partial charge on any atom is 0.211 e. The summed E-state index contributed by atoms with van der Waals surface area (Å²) in [5.41, 5.74) is 1.71. The van der Waals surface area contributed by atoms with Gasteiger partial charge in [0.05, 0.1) is 19.0 Å². The highest BCUT2D eigenvalue weighted by Gasteiger charge is 2.14. The zero-order valence-corrected chi connectivity index (χ0v) is 14.8. The number of rotatable bonds is 9. The summed E-state index contributed by atoms with van der Waals surface area (Å²) in [4.78, 5) is 0. The molecule has 2 aromatic rings. The Labute approximate surface area is 143 Å². The molecule has 1 aromatic carbocycles. The fraction of sp³-hybridized carbons (Fsp3) is 0.412. The Kier molecular flexibility index (Phi) is 6.42. The number of ether oxygens (including phenoxy) is 1. The van der Waals surface area contributed by atoms with E-state index in [4.69, 9.17) is 4.74 Å². The lowest BCUT2D eigenvalue weighted by molar-refractivity contribution is 0.161. The number of benzene rings is 1. The standard InChI is InChI=1S/C17H24N2O4S/c1-19-12-3-4-16(19)17(20)9-11-18-24(21,22)13-10-14-5-7-15(23-2)8-6-14/h3-8,12,17-18,20H,9-11,13H2,1-2H3. The Balaban J connectivity index is 1.77. The van der Waals surface area contributed by atoms with Gasteiger partial charge in [0, 0.05) is 25.5 Å². The SMILES string of the molecule is COc1ccc(CCS(=O)(=O)NCCC(O)c2cccn2C)cc1. The van der Waals surface area contributed by atoms with Crippen LogP contribution in [-0.2, 0) is 23.5 Å². The van der Waals surface area contributed by atoms with Gasteiger partial charge in [0.25, 0.3) is 0 Å². The van der Waals surface area contributed by atoms with Crippen LogP contribution in [0.3, 0.4) is 0 Å². The van der Waals surface area contributed by atoms with Gasteiger partial charge in [-0.1, -0.05) is 12.1 Å². The summed E-state index contributed by atoms with van der Waals surface area (Å²) < 4.78 is 33.5. The Hall–Kier alpha value is -1.83. The Morgan fingerprint density at radius 2 is 1.96 bits per heavy atom. The fourth-order valence-electron chi connectivity index (χ4n) is 2.44. The predicted molar refractivity (Wildman–Crippen MR) is 93.5 cm³/mol. The molecule has 0 radical (unpaired) electrons. The maximum atomic E-state index is 12.0. The quantitative estimate of drug-likeness (QED) is 0.719. The van der Waals surface area contributed by atoms with Crippen molar-refractivity contribution in [2.24, 2.45) is 7.05 Å². The molecular weight excluding hydrogens is 328 g/mol. The smallest absolute Gasteiger partial charge is 0.211 e. The van der Waals surface area contributed by atoms with Crippen molar-refractivity contribution in [3.8, 4) is 5.75 Å². The topological polar surface area (TPSA) is 80.6 Å². The second-order valence-corrected chi connectivity index (χ2v) is 7.59. The predicted octanol–water partition coefficient (Wildman–Crippen LogP) is 1.62. The number of aliphatic hydroxyl groups excluding tert-OH is 1. The molecular formula is C17H24N2O4S. The fourth-order valence-corrected chi connectivity index (χ4v) is 3.51. The van der Waals surface area contributed by atoms with Gasteiger partial charge in [-0.05, 0) is 42.7 Å². The number of hydrogen-bond donors (Lipinski definition) is 2. The van der Waals surface area contributed by atoms with Crippen LogP contribution in [0.25, 0.3) is 0 Å². The van der Waals surface area contributed by atoms with E-state index in [-0.39, 0.29) is 12.3 Å². The molecule has 0 saturated carbocycles. The van der Waals surface area contributed by atoms with Crippen LogP contribution in [0, 0.1) is 0 Å². The lowest BCUT2D eigenvalue weighted by Crippen LogP contribution is -2.29. The number of aliphatic hydroxyl groups is 1. The first-order chi connectivity index (χ1) is 11.4. The van der Waals surface area contributed by atoms with E-state index in [0.29, 0.717) is 12.8 Å². The van der Waals surface area contributed by atoms with Crippen LogP contribution in [0.2, 0.25) is 0 Å². The van der Waals surface area contributed by atoms with Crippen molar-refractivity contribution in [3.63, 3.8) is 0 Å². The molecule has 2 rings (SSSR count). The number of methoxy groups -OCH3 is 1. The maximum absolute atomic E-state index is 12.0. The number of sulfonamides is 1. The molecule has 0 fully saturated rings. The van der Waals surface area contributed by atoms with Gasteiger partial charge in [-0.15, -0.1) is 0 Å². The molecule has 7 heteroatoms. The Morgan fingerprint density at radius 3 is 2.54 bits per heavy atom. The third-order valence-corrected chi connectivity index (χ3v) is 5.27. The first-order valence-corrected chi connectivity index (χ1v) is 9.46. The minimum absolute atomic E-state index is 0.0135. The summed E-state index contributed by atoms with van der Waals surface area (Å²) in [6.07, 6.45) is 1.92. The van der Waals surface area contributed by atoms with Crippen LogP contribution < -0.4 is 9.46 Å². The highest BCUT2D eigenvalue weighted by molar-refractivity contribution is 7.89. The van der Waals surface area contributed by atoms with Crippen molar-refractivity contribution in [1.82, 2.24) is 9.29 Å². The minimum atomic E-state index is -3.37. The lowest BCUT2D eigenvalue weighted by Gasteiger charge is -2.13. The van der Waals surface area contributed by atoms with Gasteiger partial charge in [-0.3, -0.25) is 0 Å². The lowest BCUT2D eigenvalue weighted by atomic mass is 10.2. The van der Waals surface area contributed by atoms with Crippen molar-refractivity contribution >= 4 is 10.0 Å². The average Bonchev–Trinajstić information content (AvgIpc) is 2.99. The molecule has 1 atom stereocenters.